The minimum atomic E-state index is -0.487. The van der Waals surface area contributed by atoms with Gasteiger partial charge in [0.1, 0.15) is 6.67 Å². The third-order valence-electron chi connectivity index (χ3n) is 2.49. The molecule has 1 rings (SSSR count). The summed E-state index contributed by atoms with van der Waals surface area (Å²) in [5.74, 6) is 1.22. The predicted molar refractivity (Wildman–Crippen MR) is 62.0 cm³/mol. The Labute approximate surface area is 95.6 Å². The summed E-state index contributed by atoms with van der Waals surface area (Å²) in [6.07, 6.45) is 0.774. The molecule has 4 heteroatoms. The molecule has 0 bridgehead atoms. The second-order valence-electron chi connectivity index (χ2n) is 3.46. The summed E-state index contributed by atoms with van der Waals surface area (Å²) in [4.78, 5) is 0. The van der Waals surface area contributed by atoms with Gasteiger partial charge in [-0.25, -0.2) is 4.39 Å². The monoisotopic (exact) mass is 227 g/mol. The molecule has 0 fully saturated rings. The average Bonchev–Trinajstić information content (AvgIpc) is 2.35. The molecular formula is C12H18FNO2. The zero-order chi connectivity index (χ0) is 12.0. The highest BCUT2D eigenvalue weighted by Crippen LogP contribution is 2.31. The quantitative estimate of drug-likeness (QED) is 0.805. The van der Waals surface area contributed by atoms with Crippen LogP contribution in [0.1, 0.15) is 11.1 Å². The molecule has 0 radical (unpaired) electrons. The van der Waals surface area contributed by atoms with Crippen molar-refractivity contribution in [1.82, 2.24) is 5.32 Å². The molecule has 0 amide bonds. The molecule has 1 aromatic carbocycles. The second kappa shape index (κ2) is 6.33. The SMILES string of the molecule is CNCCc1cc(OC)c(OC)cc1CF. The van der Waals surface area contributed by atoms with Crippen molar-refractivity contribution in [2.75, 3.05) is 27.8 Å². The maximum absolute atomic E-state index is 12.8. The lowest BCUT2D eigenvalue weighted by atomic mass is 10.0. The fourth-order valence-corrected chi connectivity index (χ4v) is 1.58. The number of rotatable bonds is 6. The molecular weight excluding hydrogens is 209 g/mol. The largest absolute Gasteiger partial charge is 0.493 e. The Morgan fingerprint density at radius 2 is 1.69 bits per heavy atom. The van der Waals surface area contributed by atoms with Gasteiger partial charge >= 0.3 is 0 Å². The van der Waals surface area contributed by atoms with Crippen LogP contribution in [0.3, 0.4) is 0 Å². The molecule has 0 saturated carbocycles. The lowest BCUT2D eigenvalue weighted by Gasteiger charge is -2.13. The molecule has 90 valence electrons. The molecule has 0 aliphatic heterocycles. The van der Waals surface area contributed by atoms with E-state index in [-0.39, 0.29) is 0 Å². The van der Waals surface area contributed by atoms with Crippen molar-refractivity contribution in [1.29, 1.82) is 0 Å². The topological polar surface area (TPSA) is 30.5 Å². The van der Waals surface area contributed by atoms with Crippen LogP contribution < -0.4 is 14.8 Å². The van der Waals surface area contributed by atoms with Crippen LogP contribution in [0.2, 0.25) is 0 Å². The average molecular weight is 227 g/mol. The summed E-state index contributed by atoms with van der Waals surface area (Å²) in [6, 6.07) is 3.54. The normalized spacial score (nSPS) is 10.2. The van der Waals surface area contributed by atoms with Crippen LogP contribution in [0.5, 0.6) is 11.5 Å². The zero-order valence-corrected chi connectivity index (χ0v) is 9.97. The molecule has 0 saturated heterocycles. The first-order valence-electron chi connectivity index (χ1n) is 5.21. The van der Waals surface area contributed by atoms with Crippen molar-refractivity contribution in [2.45, 2.75) is 13.1 Å². The molecule has 1 N–H and O–H groups in total. The van der Waals surface area contributed by atoms with Gasteiger partial charge < -0.3 is 14.8 Å². The van der Waals surface area contributed by atoms with Gasteiger partial charge in [0.25, 0.3) is 0 Å². The fraction of sp³-hybridized carbons (Fsp3) is 0.500. The van der Waals surface area contributed by atoms with Gasteiger partial charge in [-0.2, -0.15) is 0 Å². The van der Waals surface area contributed by atoms with Crippen molar-refractivity contribution in [2.24, 2.45) is 0 Å². The Balaban J connectivity index is 3.05. The molecule has 0 heterocycles. The summed E-state index contributed by atoms with van der Waals surface area (Å²) in [7, 11) is 5.00. The van der Waals surface area contributed by atoms with Gasteiger partial charge in [0.2, 0.25) is 0 Å². The number of methoxy groups -OCH3 is 2. The highest BCUT2D eigenvalue weighted by Gasteiger charge is 2.10. The Kier molecular flexibility index (Phi) is 5.05. The van der Waals surface area contributed by atoms with Crippen molar-refractivity contribution in [3.63, 3.8) is 0 Å². The van der Waals surface area contributed by atoms with Gasteiger partial charge in [0, 0.05) is 0 Å². The van der Waals surface area contributed by atoms with Gasteiger partial charge in [0.15, 0.2) is 11.5 Å². The van der Waals surface area contributed by atoms with Crippen molar-refractivity contribution < 1.29 is 13.9 Å². The van der Waals surface area contributed by atoms with E-state index in [0.717, 1.165) is 18.5 Å². The number of benzene rings is 1. The highest BCUT2D eigenvalue weighted by atomic mass is 19.1. The van der Waals surface area contributed by atoms with E-state index < -0.39 is 6.67 Å². The second-order valence-corrected chi connectivity index (χ2v) is 3.46. The Bertz CT molecular complexity index is 342. The third-order valence-corrected chi connectivity index (χ3v) is 2.49. The van der Waals surface area contributed by atoms with Crippen molar-refractivity contribution in [3.8, 4) is 11.5 Å². The molecule has 0 unspecified atom stereocenters. The summed E-state index contributed by atoms with van der Waals surface area (Å²) in [5.41, 5.74) is 1.61. The van der Waals surface area contributed by atoms with E-state index in [1.807, 2.05) is 13.1 Å². The first-order valence-corrected chi connectivity index (χ1v) is 5.21. The molecule has 0 atom stereocenters. The van der Waals surface area contributed by atoms with Crippen LogP contribution >= 0.6 is 0 Å². The van der Waals surface area contributed by atoms with Crippen LogP contribution in [-0.2, 0) is 13.1 Å². The van der Waals surface area contributed by atoms with E-state index in [9.17, 15) is 4.39 Å². The smallest absolute Gasteiger partial charge is 0.161 e. The van der Waals surface area contributed by atoms with E-state index in [1.54, 1.807) is 20.3 Å². The number of halogens is 1. The molecule has 1 aromatic rings. The standard InChI is InChI=1S/C12H18FNO2/c1-14-5-4-9-6-11(15-2)12(16-3)7-10(9)8-13/h6-7,14H,4-5,8H2,1-3H3. The Hall–Kier alpha value is -1.29. The number of hydrogen-bond acceptors (Lipinski definition) is 3. The molecule has 16 heavy (non-hydrogen) atoms. The van der Waals surface area contributed by atoms with E-state index in [2.05, 4.69) is 5.32 Å². The van der Waals surface area contributed by atoms with Gasteiger partial charge in [-0.1, -0.05) is 0 Å². The summed E-state index contributed by atoms with van der Waals surface area (Å²) in [5, 5.41) is 3.04. The molecule has 3 nitrogen and oxygen atoms in total. The third kappa shape index (κ3) is 2.85. The minimum absolute atomic E-state index is 0.487. The minimum Gasteiger partial charge on any atom is -0.493 e. The van der Waals surface area contributed by atoms with Gasteiger partial charge in [-0.15, -0.1) is 0 Å². The number of hydrogen-bond donors (Lipinski definition) is 1. The fourth-order valence-electron chi connectivity index (χ4n) is 1.58. The van der Waals surface area contributed by atoms with Gasteiger partial charge in [-0.3, -0.25) is 0 Å². The Morgan fingerprint density at radius 3 is 2.12 bits per heavy atom. The van der Waals surface area contributed by atoms with Crippen LogP contribution in [0.15, 0.2) is 12.1 Å². The van der Waals surface area contributed by atoms with E-state index >= 15 is 0 Å². The maximum Gasteiger partial charge on any atom is 0.161 e. The first kappa shape index (κ1) is 12.8. The Morgan fingerprint density at radius 1 is 1.12 bits per heavy atom. The van der Waals surface area contributed by atoms with Crippen LogP contribution in [0.25, 0.3) is 0 Å². The van der Waals surface area contributed by atoms with Crippen LogP contribution in [-0.4, -0.2) is 27.8 Å². The zero-order valence-electron chi connectivity index (χ0n) is 9.97. The first-order chi connectivity index (χ1) is 7.76. The lowest BCUT2D eigenvalue weighted by Crippen LogP contribution is -2.11. The number of ether oxygens (including phenoxy) is 2. The number of alkyl halides is 1. The summed E-state index contributed by atoms with van der Waals surface area (Å²) in [6.45, 7) is 0.321. The van der Waals surface area contributed by atoms with Gasteiger partial charge in [0.05, 0.1) is 14.2 Å². The highest BCUT2D eigenvalue weighted by molar-refractivity contribution is 5.47. The molecule has 0 aliphatic carbocycles. The van der Waals surface area contributed by atoms with Crippen LogP contribution in [0.4, 0.5) is 4.39 Å². The summed E-state index contributed by atoms with van der Waals surface area (Å²) >= 11 is 0. The molecule has 0 spiro atoms. The maximum atomic E-state index is 12.8. The summed E-state index contributed by atoms with van der Waals surface area (Å²) < 4.78 is 23.2. The number of nitrogens with one attached hydrogen (secondary N) is 1. The number of likely N-dealkylation sites (N-methyl/N-ethyl adjacent to an activating group) is 1. The van der Waals surface area contributed by atoms with E-state index in [1.165, 1.54) is 0 Å². The van der Waals surface area contributed by atoms with Crippen molar-refractivity contribution >= 4 is 0 Å². The van der Waals surface area contributed by atoms with Crippen LogP contribution in [0, 0.1) is 0 Å². The predicted octanol–water partition coefficient (Wildman–Crippen LogP) is 1.94. The molecule has 0 aromatic heterocycles. The van der Waals surface area contributed by atoms with E-state index in [4.69, 9.17) is 9.47 Å². The molecule has 0 aliphatic rings. The van der Waals surface area contributed by atoms with E-state index in [0.29, 0.717) is 17.1 Å². The lowest BCUT2D eigenvalue weighted by molar-refractivity contribution is 0.353. The van der Waals surface area contributed by atoms with Crippen molar-refractivity contribution in [3.05, 3.63) is 23.3 Å². The van der Waals surface area contributed by atoms with Gasteiger partial charge in [-0.05, 0) is 43.3 Å².